The van der Waals surface area contributed by atoms with Gasteiger partial charge in [-0.15, -0.1) is 0 Å². The van der Waals surface area contributed by atoms with Gasteiger partial charge in [-0.05, 0) is 52.1 Å². The maximum Gasteiger partial charge on any atom is 0.387 e. The molecule has 3 aromatic heterocycles. The third-order valence-electron chi connectivity index (χ3n) is 7.29. The van der Waals surface area contributed by atoms with Crippen molar-refractivity contribution in [3.8, 4) is 17.1 Å². The number of carbonyl (C=O) groups is 1. The Kier molecular flexibility index (Phi) is 8.60. The van der Waals surface area contributed by atoms with Crippen LogP contribution in [0.25, 0.3) is 33.5 Å². The molecule has 0 spiro atoms. The van der Waals surface area contributed by atoms with E-state index in [1.807, 2.05) is 25.5 Å². The van der Waals surface area contributed by atoms with Crippen LogP contribution < -0.4 is 10.1 Å². The van der Waals surface area contributed by atoms with E-state index < -0.39 is 20.2 Å². The van der Waals surface area contributed by atoms with E-state index in [-0.39, 0.29) is 18.4 Å². The number of amides is 1. The summed E-state index contributed by atoms with van der Waals surface area (Å²) in [5, 5.41) is 8.52. The fourth-order valence-electron chi connectivity index (χ4n) is 5.23. The minimum Gasteiger partial charge on any atom is -0.435 e. The Labute approximate surface area is 251 Å². The van der Waals surface area contributed by atoms with Crippen LogP contribution in [-0.2, 0) is 18.0 Å². The van der Waals surface area contributed by atoms with Gasteiger partial charge in [-0.3, -0.25) is 9.48 Å². The molecule has 1 aliphatic rings. The number of carbonyl (C=O) groups excluding carboxylic acids is 1. The quantitative estimate of drug-likeness (QED) is 0.177. The number of nitrogens with one attached hydrogen (secondary N) is 1. The molecule has 0 atom stereocenters. The molecule has 43 heavy (non-hydrogen) atoms. The molecule has 5 rings (SSSR count). The van der Waals surface area contributed by atoms with Crippen molar-refractivity contribution in [1.29, 1.82) is 0 Å². The average Bonchev–Trinajstić information content (AvgIpc) is 3.41. The summed E-state index contributed by atoms with van der Waals surface area (Å²) in [7, 11) is 0.800. The highest BCUT2D eigenvalue weighted by molar-refractivity contribution is 6.76. The number of benzene rings is 1. The number of rotatable bonds is 11. The zero-order chi connectivity index (χ0) is 31.1. The molecule has 1 fully saturated rings. The first-order valence-electron chi connectivity index (χ1n) is 14.6. The number of aromatic nitrogens is 5. The summed E-state index contributed by atoms with van der Waals surface area (Å²) in [6.45, 7) is 13.1. The summed E-state index contributed by atoms with van der Waals surface area (Å²) >= 11 is 0. The molecule has 4 aromatic rings. The van der Waals surface area contributed by atoms with Gasteiger partial charge in [-0.1, -0.05) is 19.6 Å². The molecule has 4 heterocycles. The molecule has 0 saturated carbocycles. The zero-order valence-corrected chi connectivity index (χ0v) is 26.9. The predicted molar refractivity (Wildman–Crippen MR) is 165 cm³/mol. The molecule has 1 N–H and O–H groups in total. The smallest absolute Gasteiger partial charge is 0.387 e. The zero-order valence-electron chi connectivity index (χ0n) is 25.9. The lowest BCUT2D eigenvalue weighted by Gasteiger charge is -2.36. The van der Waals surface area contributed by atoms with Crippen LogP contribution in [0.4, 0.5) is 8.78 Å². The number of ether oxygens (including phenoxy) is 2. The lowest BCUT2D eigenvalue weighted by atomic mass is 10.0. The van der Waals surface area contributed by atoms with Crippen molar-refractivity contribution in [2.45, 2.75) is 71.9 Å². The van der Waals surface area contributed by atoms with Crippen molar-refractivity contribution in [3.63, 3.8) is 0 Å². The molecule has 13 heteroatoms. The fourth-order valence-corrected chi connectivity index (χ4v) is 5.99. The molecule has 10 nitrogen and oxygen atoms in total. The Bertz CT molecular complexity index is 1620. The van der Waals surface area contributed by atoms with Crippen LogP contribution in [0.3, 0.4) is 0 Å². The number of fused-ring (bicyclic) bond motifs is 2. The van der Waals surface area contributed by atoms with Gasteiger partial charge in [0.1, 0.15) is 29.4 Å². The van der Waals surface area contributed by atoms with E-state index in [9.17, 15) is 13.6 Å². The molecule has 1 aromatic carbocycles. The number of likely N-dealkylation sites (tertiary alicyclic amines) is 1. The highest BCUT2D eigenvalue weighted by atomic mass is 28.3. The minimum atomic E-state index is -2.95. The largest absolute Gasteiger partial charge is 0.435 e. The van der Waals surface area contributed by atoms with Crippen molar-refractivity contribution < 1.29 is 23.0 Å². The van der Waals surface area contributed by atoms with Crippen LogP contribution in [0.5, 0.6) is 5.75 Å². The molecular formula is C30H41F2N7O3Si. The Morgan fingerprint density at radius 3 is 2.60 bits per heavy atom. The van der Waals surface area contributed by atoms with Crippen molar-refractivity contribution in [3.05, 3.63) is 36.2 Å². The van der Waals surface area contributed by atoms with E-state index in [0.29, 0.717) is 52.6 Å². The van der Waals surface area contributed by atoms with Crippen LogP contribution in [0.2, 0.25) is 25.7 Å². The molecule has 232 valence electrons. The van der Waals surface area contributed by atoms with Crippen molar-refractivity contribution in [2.75, 3.05) is 26.7 Å². The lowest BCUT2D eigenvalue weighted by Crippen LogP contribution is -2.45. The molecule has 0 aliphatic carbocycles. The van der Waals surface area contributed by atoms with Gasteiger partial charge in [0.25, 0.3) is 5.91 Å². The summed E-state index contributed by atoms with van der Waals surface area (Å²) in [5.41, 5.74) is 2.53. The average molecular weight is 614 g/mol. The Morgan fingerprint density at radius 2 is 1.95 bits per heavy atom. The van der Waals surface area contributed by atoms with E-state index in [1.165, 1.54) is 6.07 Å². The van der Waals surface area contributed by atoms with Crippen LogP contribution in [0.15, 0.2) is 30.6 Å². The monoisotopic (exact) mass is 613 g/mol. The number of hydrogen-bond donors (Lipinski definition) is 1. The van der Waals surface area contributed by atoms with Gasteiger partial charge >= 0.3 is 6.61 Å². The van der Waals surface area contributed by atoms with Gasteiger partial charge in [0.2, 0.25) is 0 Å². The molecule has 1 aliphatic heterocycles. The first kappa shape index (κ1) is 31.0. The second-order valence-electron chi connectivity index (χ2n) is 13.7. The summed E-state index contributed by atoms with van der Waals surface area (Å²) in [5.74, 6) is 0.184. The van der Waals surface area contributed by atoms with Gasteiger partial charge in [0, 0.05) is 57.4 Å². The third-order valence-corrected chi connectivity index (χ3v) is 8.99. The molecule has 0 unspecified atom stereocenters. The SMILES string of the molecule is CN1CC(Cn2nc(-c3cnc4c(n3)c(C(=O)NC(C)(C)C)cn4COCC[Si](C)(C)C)c3cc(OC(F)F)ccc32)C1. The Hall–Kier alpha value is -3.42. The Balaban J connectivity index is 1.57. The van der Waals surface area contributed by atoms with Crippen LogP contribution in [-0.4, -0.2) is 82.1 Å². The van der Waals surface area contributed by atoms with Crippen LogP contribution in [0.1, 0.15) is 31.1 Å². The maximum absolute atomic E-state index is 13.4. The normalized spacial score (nSPS) is 15.0. The van der Waals surface area contributed by atoms with Gasteiger partial charge in [0.05, 0.1) is 17.3 Å². The molecule has 0 radical (unpaired) electrons. The second kappa shape index (κ2) is 11.9. The fraction of sp³-hybridized carbons (Fsp3) is 0.533. The summed E-state index contributed by atoms with van der Waals surface area (Å²) < 4.78 is 40.5. The highest BCUT2D eigenvalue weighted by Gasteiger charge is 2.27. The van der Waals surface area contributed by atoms with Gasteiger partial charge in [-0.2, -0.15) is 13.9 Å². The lowest BCUT2D eigenvalue weighted by molar-refractivity contribution is -0.0497. The van der Waals surface area contributed by atoms with Crippen LogP contribution in [0, 0.1) is 5.92 Å². The minimum absolute atomic E-state index is 0.0348. The van der Waals surface area contributed by atoms with Gasteiger partial charge in [0.15, 0.2) is 5.65 Å². The first-order chi connectivity index (χ1) is 20.2. The highest BCUT2D eigenvalue weighted by Crippen LogP contribution is 2.33. The predicted octanol–water partition coefficient (Wildman–Crippen LogP) is 5.45. The molecule has 1 amide bonds. The number of halogens is 2. The molecular weight excluding hydrogens is 572 g/mol. The third kappa shape index (κ3) is 7.39. The number of hydrogen-bond acceptors (Lipinski definition) is 7. The molecule has 0 bridgehead atoms. The maximum atomic E-state index is 13.4. The van der Waals surface area contributed by atoms with E-state index in [0.717, 1.165) is 24.7 Å². The van der Waals surface area contributed by atoms with Gasteiger partial charge < -0.3 is 24.3 Å². The van der Waals surface area contributed by atoms with Gasteiger partial charge in [-0.25, -0.2) is 9.97 Å². The van der Waals surface area contributed by atoms with E-state index in [2.05, 4.69) is 36.9 Å². The summed E-state index contributed by atoms with van der Waals surface area (Å²) in [6, 6.07) is 5.84. The van der Waals surface area contributed by atoms with Crippen molar-refractivity contribution >= 4 is 36.0 Å². The van der Waals surface area contributed by atoms with E-state index in [4.69, 9.17) is 24.5 Å². The van der Waals surface area contributed by atoms with E-state index >= 15 is 0 Å². The standard InChI is InChI=1S/C30H41F2N7O3Si/c1-30(2,3)35-28(40)22-17-38(18-41-10-11-43(5,6)7)27-26(22)34-23(13-33-27)25-21-12-20(42-29(31)32)8-9-24(21)39(36-25)16-19-14-37(4)15-19/h8-9,12-13,17,19,29H,10-11,14-16,18H2,1-7H3,(H,35,40). The van der Waals surface area contributed by atoms with E-state index in [1.54, 1.807) is 29.1 Å². The molecule has 1 saturated heterocycles. The first-order valence-corrected chi connectivity index (χ1v) is 18.3. The topological polar surface area (TPSA) is 99.3 Å². The Morgan fingerprint density at radius 1 is 1.21 bits per heavy atom. The second-order valence-corrected chi connectivity index (χ2v) is 19.3. The van der Waals surface area contributed by atoms with Crippen LogP contribution >= 0.6 is 0 Å². The summed E-state index contributed by atoms with van der Waals surface area (Å²) in [6.07, 6.45) is 3.33. The number of nitrogens with zero attached hydrogens (tertiary/aromatic N) is 6. The summed E-state index contributed by atoms with van der Waals surface area (Å²) in [4.78, 5) is 25.3. The van der Waals surface area contributed by atoms with Crippen molar-refractivity contribution in [2.24, 2.45) is 5.92 Å². The van der Waals surface area contributed by atoms with Crippen molar-refractivity contribution in [1.82, 2.24) is 34.5 Å². The number of alkyl halides is 2.